The van der Waals surface area contributed by atoms with Gasteiger partial charge in [-0.3, -0.25) is 9.59 Å². The first-order valence-corrected chi connectivity index (χ1v) is 10.5. The molecule has 0 aliphatic carbocycles. The van der Waals surface area contributed by atoms with Gasteiger partial charge >= 0.3 is 5.97 Å². The predicted molar refractivity (Wildman–Crippen MR) is 121 cm³/mol. The average molecular weight is 464 g/mol. The van der Waals surface area contributed by atoms with Gasteiger partial charge in [-0.2, -0.15) is 0 Å². The molecule has 7 nitrogen and oxygen atoms in total. The van der Waals surface area contributed by atoms with Gasteiger partial charge in [0.25, 0.3) is 0 Å². The highest BCUT2D eigenvalue weighted by Crippen LogP contribution is 2.26. The maximum Gasteiger partial charge on any atom is 0.326 e. The molecule has 0 radical (unpaired) electrons. The Bertz CT molecular complexity index is 953. The van der Waals surface area contributed by atoms with Gasteiger partial charge in [-0.05, 0) is 48.1 Å². The summed E-state index contributed by atoms with van der Waals surface area (Å²) < 4.78 is 14.1. The summed E-state index contributed by atoms with van der Waals surface area (Å²) in [6.45, 7) is 3.52. The molecule has 2 aromatic carbocycles. The average Bonchev–Trinajstić information content (AvgIpc) is 2.74. The summed E-state index contributed by atoms with van der Waals surface area (Å²) in [6.07, 6.45) is 0.767. The van der Waals surface area contributed by atoms with Crippen molar-refractivity contribution in [1.82, 2.24) is 10.6 Å². The van der Waals surface area contributed by atoms with Crippen LogP contribution >= 0.6 is 11.6 Å². The Labute approximate surface area is 191 Å². The monoisotopic (exact) mass is 463 g/mol. The van der Waals surface area contributed by atoms with Crippen LogP contribution in [0.3, 0.4) is 0 Å². The summed E-state index contributed by atoms with van der Waals surface area (Å²) in [7, 11) is 0. The first-order chi connectivity index (χ1) is 15.1. The van der Waals surface area contributed by atoms with Gasteiger partial charge < -0.3 is 21.5 Å². The van der Waals surface area contributed by atoms with Crippen molar-refractivity contribution in [2.45, 2.75) is 44.8 Å². The zero-order chi connectivity index (χ0) is 23.8. The maximum atomic E-state index is 14.1. The molecular formula is C23H27ClFN3O4. The van der Waals surface area contributed by atoms with E-state index in [1.165, 1.54) is 18.2 Å². The molecule has 0 saturated carbocycles. The van der Waals surface area contributed by atoms with Crippen LogP contribution < -0.4 is 16.4 Å². The quantitative estimate of drug-likeness (QED) is 0.382. The van der Waals surface area contributed by atoms with E-state index < -0.39 is 35.8 Å². The number of nitrogens with two attached hydrogens (primary N) is 1. The maximum absolute atomic E-state index is 14.1. The van der Waals surface area contributed by atoms with E-state index in [2.05, 4.69) is 10.6 Å². The fraction of sp³-hybridized carbons (Fsp3) is 0.348. The lowest BCUT2D eigenvalue weighted by atomic mass is 9.96. The molecule has 2 aromatic rings. The van der Waals surface area contributed by atoms with Gasteiger partial charge in [-0.15, -0.1) is 0 Å². The highest BCUT2D eigenvalue weighted by Gasteiger charge is 2.27. The third kappa shape index (κ3) is 7.03. The predicted octanol–water partition coefficient (Wildman–Crippen LogP) is 2.75. The lowest BCUT2D eigenvalue weighted by Gasteiger charge is -2.24. The minimum absolute atomic E-state index is 0.0324. The van der Waals surface area contributed by atoms with E-state index in [1.807, 2.05) is 0 Å². The SMILES string of the molecule is CC(C)[C@H](N)C(=O)N[C@H](C[C@@H](Cc1ccc(-c2cc(Cl)ccc2F)cc1)NC=O)C(=O)O. The van der Waals surface area contributed by atoms with Crippen molar-refractivity contribution < 1.29 is 23.9 Å². The summed E-state index contributed by atoms with van der Waals surface area (Å²) in [5.74, 6) is -2.34. The standard InChI is InChI=1S/C23H27ClFN3O4/c1-13(2)21(26)22(30)28-20(23(31)32)11-17(27-12-29)9-14-3-5-15(6-4-14)18-10-16(24)7-8-19(18)25/h3-8,10,12-13,17,20-21H,9,11,26H2,1-2H3,(H,27,29)(H,28,30)(H,31,32)/t17-,20-,21+/m1/s1. The van der Waals surface area contributed by atoms with E-state index in [4.69, 9.17) is 17.3 Å². The van der Waals surface area contributed by atoms with Crippen LogP contribution in [0.4, 0.5) is 4.39 Å². The number of carboxylic acid groups (broad SMARTS) is 1. The fourth-order valence-corrected chi connectivity index (χ4v) is 3.38. The van der Waals surface area contributed by atoms with Gasteiger partial charge in [0.05, 0.1) is 6.04 Å². The fourth-order valence-electron chi connectivity index (χ4n) is 3.21. The number of amides is 2. The van der Waals surface area contributed by atoms with Crippen LogP contribution in [0.1, 0.15) is 25.8 Å². The molecule has 0 aliphatic heterocycles. The number of carboxylic acids is 1. The molecule has 0 heterocycles. The number of carbonyl (C=O) groups is 3. The van der Waals surface area contributed by atoms with Gasteiger partial charge in [0.15, 0.2) is 0 Å². The van der Waals surface area contributed by atoms with E-state index >= 15 is 0 Å². The Balaban J connectivity index is 2.13. The molecule has 9 heteroatoms. The minimum Gasteiger partial charge on any atom is -0.480 e. The van der Waals surface area contributed by atoms with Crippen molar-refractivity contribution in [3.05, 3.63) is 58.9 Å². The highest BCUT2D eigenvalue weighted by molar-refractivity contribution is 6.30. The van der Waals surface area contributed by atoms with E-state index in [0.717, 1.165) is 5.56 Å². The van der Waals surface area contributed by atoms with E-state index in [1.54, 1.807) is 38.1 Å². The first kappa shape index (κ1) is 25.3. The number of carbonyl (C=O) groups excluding carboxylic acids is 2. The van der Waals surface area contributed by atoms with Crippen LogP contribution in [0.25, 0.3) is 11.1 Å². The van der Waals surface area contributed by atoms with Crippen molar-refractivity contribution in [3.8, 4) is 11.1 Å². The van der Waals surface area contributed by atoms with Crippen molar-refractivity contribution >= 4 is 29.9 Å². The normalized spacial score (nSPS) is 13.8. The minimum atomic E-state index is -1.22. The van der Waals surface area contributed by atoms with Crippen LogP contribution in [-0.4, -0.2) is 41.5 Å². The number of nitrogens with one attached hydrogen (secondary N) is 2. The summed E-state index contributed by atoms with van der Waals surface area (Å²) in [5.41, 5.74) is 7.58. The molecule has 2 amide bonds. The number of hydrogen-bond acceptors (Lipinski definition) is 4. The smallest absolute Gasteiger partial charge is 0.326 e. The second-order valence-electron chi connectivity index (χ2n) is 7.91. The molecule has 3 atom stereocenters. The second-order valence-corrected chi connectivity index (χ2v) is 8.35. The van der Waals surface area contributed by atoms with E-state index in [-0.39, 0.29) is 12.3 Å². The van der Waals surface area contributed by atoms with Crippen LogP contribution in [-0.2, 0) is 20.8 Å². The van der Waals surface area contributed by atoms with E-state index in [0.29, 0.717) is 29.0 Å². The first-order valence-electron chi connectivity index (χ1n) is 10.1. The number of halogens is 2. The molecule has 32 heavy (non-hydrogen) atoms. The van der Waals surface area contributed by atoms with Crippen molar-refractivity contribution in [1.29, 1.82) is 0 Å². The molecule has 0 saturated heterocycles. The molecular weight excluding hydrogens is 437 g/mol. The van der Waals surface area contributed by atoms with Crippen molar-refractivity contribution in [2.24, 2.45) is 11.7 Å². The van der Waals surface area contributed by atoms with Gasteiger partial charge in [-0.1, -0.05) is 49.7 Å². The highest BCUT2D eigenvalue weighted by atomic mass is 35.5. The van der Waals surface area contributed by atoms with Crippen LogP contribution in [0, 0.1) is 11.7 Å². The third-order valence-corrected chi connectivity index (χ3v) is 5.37. The van der Waals surface area contributed by atoms with Crippen LogP contribution in [0.15, 0.2) is 42.5 Å². The van der Waals surface area contributed by atoms with Crippen molar-refractivity contribution in [2.75, 3.05) is 0 Å². The molecule has 0 spiro atoms. The second kappa shape index (κ2) is 11.6. The van der Waals surface area contributed by atoms with Crippen molar-refractivity contribution in [3.63, 3.8) is 0 Å². The Morgan fingerprint density at radius 2 is 1.84 bits per heavy atom. The summed E-state index contributed by atoms with van der Waals surface area (Å²) >= 11 is 5.95. The largest absolute Gasteiger partial charge is 0.480 e. The number of aliphatic carboxylic acids is 1. The lowest BCUT2D eigenvalue weighted by Crippen LogP contribution is -2.52. The number of rotatable bonds is 11. The topological polar surface area (TPSA) is 122 Å². The summed E-state index contributed by atoms with van der Waals surface area (Å²) in [4.78, 5) is 34.9. The molecule has 2 rings (SSSR count). The lowest BCUT2D eigenvalue weighted by molar-refractivity contribution is -0.142. The van der Waals surface area contributed by atoms with Gasteiger partial charge in [0, 0.05) is 16.6 Å². The molecule has 172 valence electrons. The van der Waals surface area contributed by atoms with Crippen LogP contribution in [0.5, 0.6) is 0 Å². The molecule has 0 aliphatic rings. The molecule has 0 bridgehead atoms. The Morgan fingerprint density at radius 3 is 2.41 bits per heavy atom. The Morgan fingerprint density at radius 1 is 1.19 bits per heavy atom. The zero-order valence-electron chi connectivity index (χ0n) is 17.8. The molecule has 0 fully saturated rings. The molecule has 0 unspecified atom stereocenters. The van der Waals surface area contributed by atoms with Gasteiger partial charge in [0.1, 0.15) is 11.9 Å². The number of hydrogen-bond donors (Lipinski definition) is 4. The molecule has 5 N–H and O–H groups in total. The van der Waals surface area contributed by atoms with Gasteiger partial charge in [0.2, 0.25) is 12.3 Å². The zero-order valence-corrected chi connectivity index (χ0v) is 18.6. The summed E-state index contributed by atoms with van der Waals surface area (Å²) in [5, 5.41) is 15.0. The Hall–Kier alpha value is -2.97. The van der Waals surface area contributed by atoms with Gasteiger partial charge in [-0.25, -0.2) is 9.18 Å². The third-order valence-electron chi connectivity index (χ3n) is 5.13. The Kier molecular flexibility index (Phi) is 9.16. The van der Waals surface area contributed by atoms with E-state index in [9.17, 15) is 23.9 Å². The molecule has 0 aromatic heterocycles. The number of benzene rings is 2. The summed E-state index contributed by atoms with van der Waals surface area (Å²) in [6, 6.07) is 8.65. The van der Waals surface area contributed by atoms with Crippen LogP contribution in [0.2, 0.25) is 5.02 Å².